The minimum absolute atomic E-state index is 0.0137. The predicted molar refractivity (Wildman–Crippen MR) is 124 cm³/mol. The first-order chi connectivity index (χ1) is 16.3. The van der Waals surface area contributed by atoms with Crippen LogP contribution in [0.3, 0.4) is 0 Å². The molecular formula is C25H34N2O7. The molecule has 1 saturated carbocycles. The zero-order valence-corrected chi connectivity index (χ0v) is 20.8. The van der Waals surface area contributed by atoms with Gasteiger partial charge < -0.3 is 33.5 Å². The zero-order chi connectivity index (χ0) is 24.6. The molecule has 2 aliphatic heterocycles. The summed E-state index contributed by atoms with van der Waals surface area (Å²) >= 11 is 0. The molecule has 3 aliphatic rings. The smallest absolute Gasteiger partial charge is 0.290 e. The molecule has 1 aromatic rings. The van der Waals surface area contributed by atoms with Crippen LogP contribution >= 0.6 is 0 Å². The summed E-state index contributed by atoms with van der Waals surface area (Å²) < 4.78 is 28.3. The Morgan fingerprint density at radius 1 is 1.03 bits per heavy atom. The molecule has 4 rings (SSSR count). The van der Waals surface area contributed by atoms with Gasteiger partial charge in [0, 0.05) is 26.6 Å². The first-order valence-corrected chi connectivity index (χ1v) is 11.6. The van der Waals surface area contributed by atoms with E-state index < -0.39 is 6.04 Å². The molecule has 1 fully saturated rings. The number of hydrogen-bond acceptors (Lipinski definition) is 8. The minimum Gasteiger partial charge on any atom is -0.493 e. The monoisotopic (exact) mass is 474 g/mol. The number of carbonyl (C=O) groups excluding carboxylic acids is 2. The molecule has 4 unspecified atom stereocenters. The Morgan fingerprint density at radius 2 is 1.71 bits per heavy atom. The number of likely N-dealkylation sites (N-methyl/N-ethyl adjacent to an activating group) is 1. The third kappa shape index (κ3) is 4.11. The lowest BCUT2D eigenvalue weighted by Crippen LogP contribution is -2.43. The molecule has 0 saturated heterocycles. The molecule has 0 N–H and O–H groups in total. The second kappa shape index (κ2) is 9.84. The summed E-state index contributed by atoms with van der Waals surface area (Å²) in [6.07, 6.45) is 1.75. The van der Waals surface area contributed by atoms with Crippen molar-refractivity contribution in [1.82, 2.24) is 9.80 Å². The Balaban J connectivity index is 1.81. The van der Waals surface area contributed by atoms with E-state index in [1.807, 2.05) is 19.0 Å². The molecule has 1 aliphatic carbocycles. The van der Waals surface area contributed by atoms with Gasteiger partial charge in [-0.1, -0.05) is 0 Å². The molecule has 1 amide bonds. The standard InChI is InChI=1S/C25H34N2O7/c1-26(2)9-10-27-21(14-11-18(31-4)23(33-6)19(12-14)32-5)20-22(28)16-8-7-15(30-3)13-17(16)34-24(20)25(27)29/h11-12,15-17,21H,7-10,13H2,1-6H3. The molecular weight excluding hydrogens is 440 g/mol. The summed E-state index contributed by atoms with van der Waals surface area (Å²) in [6, 6.07) is 3.02. The van der Waals surface area contributed by atoms with Crippen LogP contribution in [0.4, 0.5) is 0 Å². The minimum atomic E-state index is -0.593. The zero-order valence-electron chi connectivity index (χ0n) is 20.8. The quantitative estimate of drug-likeness (QED) is 0.567. The van der Waals surface area contributed by atoms with Gasteiger partial charge in [0.25, 0.3) is 5.91 Å². The van der Waals surface area contributed by atoms with Gasteiger partial charge in [0.05, 0.1) is 45.0 Å². The van der Waals surface area contributed by atoms with E-state index in [-0.39, 0.29) is 35.6 Å². The molecule has 0 radical (unpaired) electrons. The Kier molecular flexibility index (Phi) is 7.04. The summed E-state index contributed by atoms with van der Waals surface area (Å²) in [7, 11) is 10.2. The third-order valence-electron chi connectivity index (χ3n) is 7.02. The van der Waals surface area contributed by atoms with Crippen molar-refractivity contribution >= 4 is 11.7 Å². The van der Waals surface area contributed by atoms with Gasteiger partial charge in [0.2, 0.25) is 5.75 Å². The summed E-state index contributed by atoms with van der Waals surface area (Å²) in [5.41, 5.74) is 1.14. The van der Waals surface area contributed by atoms with Gasteiger partial charge in [-0.15, -0.1) is 0 Å². The number of fused-ring (bicyclic) bond motifs is 1. The molecule has 2 heterocycles. The highest BCUT2D eigenvalue weighted by molar-refractivity contribution is 6.11. The SMILES string of the molecule is COc1cc(C2C3=C(OC4CC(OC)CCC4C3=O)C(=O)N2CCN(C)C)cc(OC)c1OC. The number of rotatable bonds is 8. The molecule has 9 heteroatoms. The van der Waals surface area contributed by atoms with E-state index in [2.05, 4.69) is 0 Å². The van der Waals surface area contributed by atoms with E-state index in [1.54, 1.807) is 38.4 Å². The van der Waals surface area contributed by atoms with Crippen LogP contribution in [0.25, 0.3) is 0 Å². The van der Waals surface area contributed by atoms with Gasteiger partial charge in [-0.05, 0) is 44.6 Å². The van der Waals surface area contributed by atoms with Crippen molar-refractivity contribution in [2.45, 2.75) is 37.5 Å². The highest BCUT2D eigenvalue weighted by Crippen LogP contribution is 2.49. The Labute approximate surface area is 200 Å². The maximum Gasteiger partial charge on any atom is 0.290 e. The summed E-state index contributed by atoms with van der Waals surface area (Å²) in [6.45, 7) is 1.08. The fourth-order valence-corrected chi connectivity index (χ4v) is 5.24. The molecule has 186 valence electrons. The predicted octanol–water partition coefficient (Wildman–Crippen LogP) is 2.19. The molecule has 34 heavy (non-hydrogen) atoms. The van der Waals surface area contributed by atoms with Crippen molar-refractivity contribution in [3.63, 3.8) is 0 Å². The van der Waals surface area contributed by atoms with Crippen molar-refractivity contribution in [3.8, 4) is 17.2 Å². The van der Waals surface area contributed by atoms with E-state index in [1.165, 1.54) is 7.11 Å². The fraction of sp³-hybridized carbons (Fsp3) is 0.600. The summed E-state index contributed by atoms with van der Waals surface area (Å²) in [4.78, 5) is 31.1. The van der Waals surface area contributed by atoms with Crippen LogP contribution < -0.4 is 14.2 Å². The number of nitrogens with zero attached hydrogens (tertiary/aromatic N) is 2. The van der Waals surface area contributed by atoms with Gasteiger partial charge in [-0.25, -0.2) is 0 Å². The largest absolute Gasteiger partial charge is 0.493 e. The van der Waals surface area contributed by atoms with Crippen molar-refractivity contribution in [2.75, 3.05) is 55.6 Å². The maximum absolute atomic E-state index is 13.8. The van der Waals surface area contributed by atoms with Crippen LogP contribution in [0.2, 0.25) is 0 Å². The number of ketones is 1. The number of carbonyl (C=O) groups is 2. The van der Waals surface area contributed by atoms with Crippen LogP contribution in [-0.2, 0) is 19.1 Å². The Hall–Kier alpha value is -2.78. The average Bonchev–Trinajstić information content (AvgIpc) is 3.12. The number of benzene rings is 1. The number of methoxy groups -OCH3 is 4. The molecule has 9 nitrogen and oxygen atoms in total. The van der Waals surface area contributed by atoms with Crippen molar-refractivity contribution in [2.24, 2.45) is 5.92 Å². The van der Waals surface area contributed by atoms with Crippen molar-refractivity contribution < 1.29 is 33.3 Å². The van der Waals surface area contributed by atoms with Crippen LogP contribution in [-0.4, -0.2) is 89.3 Å². The molecule has 0 bridgehead atoms. The van der Waals surface area contributed by atoms with Gasteiger partial charge in [0.1, 0.15) is 6.10 Å². The van der Waals surface area contributed by atoms with Gasteiger partial charge in [-0.2, -0.15) is 0 Å². The van der Waals surface area contributed by atoms with Crippen LogP contribution in [0.1, 0.15) is 30.9 Å². The molecule has 1 aromatic carbocycles. The van der Waals surface area contributed by atoms with Crippen molar-refractivity contribution in [3.05, 3.63) is 29.0 Å². The highest BCUT2D eigenvalue weighted by Gasteiger charge is 2.53. The Morgan fingerprint density at radius 3 is 2.26 bits per heavy atom. The second-order valence-corrected chi connectivity index (χ2v) is 9.20. The average molecular weight is 475 g/mol. The van der Waals surface area contributed by atoms with Crippen molar-refractivity contribution in [1.29, 1.82) is 0 Å². The van der Waals surface area contributed by atoms with Gasteiger partial charge in [0.15, 0.2) is 23.0 Å². The number of Topliss-reactive ketones (excluding diaryl/α,β-unsaturated/α-hetero) is 1. The lowest BCUT2D eigenvalue weighted by atomic mass is 9.76. The number of hydrogen-bond donors (Lipinski definition) is 0. The summed E-state index contributed by atoms with van der Waals surface area (Å²) in [5.74, 6) is 0.998. The van der Waals surface area contributed by atoms with Crippen LogP contribution in [0, 0.1) is 5.92 Å². The highest BCUT2D eigenvalue weighted by atomic mass is 16.5. The Bertz CT molecular complexity index is 964. The van der Waals surface area contributed by atoms with E-state index in [0.29, 0.717) is 54.3 Å². The molecule has 0 aromatic heterocycles. The first-order valence-electron chi connectivity index (χ1n) is 11.6. The number of ether oxygens (including phenoxy) is 5. The van der Waals surface area contributed by atoms with E-state index in [0.717, 1.165) is 6.42 Å². The molecule has 0 spiro atoms. The lowest BCUT2D eigenvalue weighted by molar-refractivity contribution is -0.138. The first kappa shape index (κ1) is 24.3. The van der Waals surface area contributed by atoms with E-state index in [4.69, 9.17) is 23.7 Å². The second-order valence-electron chi connectivity index (χ2n) is 9.20. The van der Waals surface area contributed by atoms with Gasteiger partial charge in [-0.3, -0.25) is 9.59 Å². The molecule has 4 atom stereocenters. The van der Waals surface area contributed by atoms with Gasteiger partial charge >= 0.3 is 0 Å². The topological polar surface area (TPSA) is 86.8 Å². The number of amides is 1. The third-order valence-corrected chi connectivity index (χ3v) is 7.02. The lowest BCUT2D eigenvalue weighted by Gasteiger charge is -2.38. The van der Waals surface area contributed by atoms with E-state index in [9.17, 15) is 9.59 Å². The van der Waals surface area contributed by atoms with Crippen LogP contribution in [0.15, 0.2) is 23.5 Å². The van der Waals surface area contributed by atoms with E-state index >= 15 is 0 Å². The fourth-order valence-electron chi connectivity index (χ4n) is 5.24. The maximum atomic E-state index is 13.8. The van der Waals surface area contributed by atoms with Crippen LogP contribution in [0.5, 0.6) is 17.2 Å². The normalized spacial score (nSPS) is 26.4. The summed E-state index contributed by atoms with van der Waals surface area (Å²) in [5, 5.41) is 0.